The van der Waals surface area contributed by atoms with Crippen molar-refractivity contribution < 1.29 is 5.11 Å². The monoisotopic (exact) mass is 312 g/mol. The number of aliphatic hydroxyl groups excluding tert-OH is 1. The zero-order valence-electron chi connectivity index (χ0n) is 11.0. The Labute approximate surface area is 117 Å². The molecule has 0 saturated carbocycles. The summed E-state index contributed by atoms with van der Waals surface area (Å²) >= 11 is 3.54. The average Bonchev–Trinajstić information content (AvgIpc) is 2.32. The summed E-state index contributed by atoms with van der Waals surface area (Å²) < 4.78 is 1.15. The van der Waals surface area contributed by atoms with Gasteiger partial charge in [0.1, 0.15) is 0 Å². The molecule has 1 heterocycles. The van der Waals surface area contributed by atoms with Gasteiger partial charge in [0.15, 0.2) is 0 Å². The van der Waals surface area contributed by atoms with Gasteiger partial charge in [0.05, 0.1) is 0 Å². The Bertz CT molecular complexity index is 411. The number of halogens is 1. The molecular formula is C14H21BrN2O. The van der Waals surface area contributed by atoms with Crippen LogP contribution in [-0.2, 0) is 0 Å². The number of hydrogen-bond acceptors (Lipinski definition) is 3. The molecule has 4 heteroatoms. The number of aliphatic hydroxyl groups is 1. The maximum atomic E-state index is 9.08. The first kappa shape index (κ1) is 13.8. The van der Waals surface area contributed by atoms with Gasteiger partial charge in [-0.15, -0.1) is 0 Å². The summed E-state index contributed by atoms with van der Waals surface area (Å²) in [6, 6.07) is 7.32. The molecule has 1 aromatic rings. The molecule has 100 valence electrons. The minimum absolute atomic E-state index is 0.248. The highest BCUT2D eigenvalue weighted by Crippen LogP contribution is 2.24. The lowest BCUT2D eigenvalue weighted by molar-refractivity contribution is 0.250. The third-order valence-electron chi connectivity index (χ3n) is 3.44. The lowest BCUT2D eigenvalue weighted by Gasteiger charge is -2.39. The van der Waals surface area contributed by atoms with Crippen LogP contribution in [0.2, 0.25) is 0 Å². The van der Waals surface area contributed by atoms with Crippen molar-refractivity contribution in [2.45, 2.75) is 32.4 Å². The van der Waals surface area contributed by atoms with Gasteiger partial charge in [-0.05, 0) is 44.0 Å². The number of benzene rings is 1. The summed E-state index contributed by atoms with van der Waals surface area (Å²) in [6.45, 7) is 6.54. The van der Waals surface area contributed by atoms with Gasteiger partial charge < -0.3 is 15.3 Å². The lowest BCUT2D eigenvalue weighted by atomic mass is 10.1. The van der Waals surface area contributed by atoms with Crippen molar-refractivity contribution in [3.63, 3.8) is 0 Å². The molecule has 2 rings (SSSR count). The standard InChI is InChI=1S/C14H21BrN2O/c1-10-7-13(3-4-14(10)15)17-8-11(2)16-12(9-17)5-6-18/h3-4,7,11-12,16,18H,5-6,8-9H2,1-2H3. The Balaban J connectivity index is 2.13. The van der Waals surface area contributed by atoms with Crippen LogP contribution in [0, 0.1) is 6.92 Å². The van der Waals surface area contributed by atoms with Crippen LogP contribution in [0.3, 0.4) is 0 Å². The molecule has 1 fully saturated rings. The molecule has 2 N–H and O–H groups in total. The molecule has 0 amide bonds. The Morgan fingerprint density at radius 3 is 2.89 bits per heavy atom. The van der Waals surface area contributed by atoms with Crippen LogP contribution < -0.4 is 10.2 Å². The molecule has 1 aliphatic heterocycles. The van der Waals surface area contributed by atoms with Gasteiger partial charge in [-0.25, -0.2) is 0 Å². The first-order valence-electron chi connectivity index (χ1n) is 6.48. The van der Waals surface area contributed by atoms with E-state index in [-0.39, 0.29) is 6.61 Å². The number of hydrogen-bond donors (Lipinski definition) is 2. The molecular weight excluding hydrogens is 292 g/mol. The molecule has 3 nitrogen and oxygen atoms in total. The van der Waals surface area contributed by atoms with Crippen LogP contribution in [0.4, 0.5) is 5.69 Å². The van der Waals surface area contributed by atoms with Crippen molar-refractivity contribution in [1.29, 1.82) is 0 Å². The van der Waals surface area contributed by atoms with Crippen molar-refractivity contribution >= 4 is 21.6 Å². The van der Waals surface area contributed by atoms with E-state index in [9.17, 15) is 0 Å². The molecule has 1 aliphatic rings. The van der Waals surface area contributed by atoms with E-state index in [0.29, 0.717) is 12.1 Å². The lowest BCUT2D eigenvalue weighted by Crippen LogP contribution is -2.55. The van der Waals surface area contributed by atoms with Gasteiger partial charge >= 0.3 is 0 Å². The zero-order chi connectivity index (χ0) is 13.1. The van der Waals surface area contributed by atoms with Gasteiger partial charge in [0, 0.05) is 41.9 Å². The second-order valence-corrected chi connectivity index (χ2v) is 5.97. The number of nitrogens with zero attached hydrogens (tertiary/aromatic N) is 1. The van der Waals surface area contributed by atoms with Crippen LogP contribution in [0.5, 0.6) is 0 Å². The van der Waals surface area contributed by atoms with Gasteiger partial charge in [-0.2, -0.15) is 0 Å². The SMILES string of the molecule is Cc1cc(N2CC(C)NC(CCO)C2)ccc1Br. The molecule has 0 aromatic heterocycles. The fourth-order valence-electron chi connectivity index (χ4n) is 2.55. The smallest absolute Gasteiger partial charge is 0.0446 e. The number of nitrogens with one attached hydrogen (secondary N) is 1. The predicted octanol–water partition coefficient (Wildman–Crippen LogP) is 2.31. The maximum Gasteiger partial charge on any atom is 0.0446 e. The summed E-state index contributed by atoms with van der Waals surface area (Å²) in [5.41, 5.74) is 2.53. The van der Waals surface area contributed by atoms with Gasteiger partial charge in [-0.1, -0.05) is 15.9 Å². The van der Waals surface area contributed by atoms with E-state index in [1.807, 2.05) is 0 Å². The van der Waals surface area contributed by atoms with Gasteiger partial charge in [-0.3, -0.25) is 0 Å². The van der Waals surface area contributed by atoms with E-state index in [2.05, 4.69) is 58.2 Å². The Morgan fingerprint density at radius 2 is 2.22 bits per heavy atom. The van der Waals surface area contributed by atoms with Crippen LogP contribution in [-0.4, -0.2) is 36.9 Å². The molecule has 0 radical (unpaired) electrons. The Morgan fingerprint density at radius 1 is 1.44 bits per heavy atom. The molecule has 1 saturated heterocycles. The maximum absolute atomic E-state index is 9.08. The second-order valence-electron chi connectivity index (χ2n) is 5.12. The van der Waals surface area contributed by atoms with Crippen LogP contribution in [0.15, 0.2) is 22.7 Å². The van der Waals surface area contributed by atoms with Crippen molar-refractivity contribution in [1.82, 2.24) is 5.32 Å². The zero-order valence-corrected chi connectivity index (χ0v) is 12.6. The first-order chi connectivity index (χ1) is 8.60. The summed E-state index contributed by atoms with van der Waals surface area (Å²) in [4.78, 5) is 2.40. The summed E-state index contributed by atoms with van der Waals surface area (Å²) in [7, 11) is 0. The highest BCUT2D eigenvalue weighted by molar-refractivity contribution is 9.10. The third-order valence-corrected chi connectivity index (χ3v) is 4.33. The normalized spacial score (nSPS) is 24.3. The van der Waals surface area contributed by atoms with Crippen LogP contribution in [0.1, 0.15) is 18.9 Å². The predicted molar refractivity (Wildman–Crippen MR) is 79.2 cm³/mol. The largest absolute Gasteiger partial charge is 0.396 e. The molecule has 18 heavy (non-hydrogen) atoms. The highest BCUT2D eigenvalue weighted by atomic mass is 79.9. The van der Waals surface area contributed by atoms with E-state index in [1.54, 1.807) is 0 Å². The van der Waals surface area contributed by atoms with E-state index in [0.717, 1.165) is 24.0 Å². The van der Waals surface area contributed by atoms with Crippen molar-refractivity contribution in [3.05, 3.63) is 28.2 Å². The second kappa shape index (κ2) is 6.04. The molecule has 1 aromatic carbocycles. The Kier molecular flexibility index (Phi) is 4.65. The van der Waals surface area contributed by atoms with E-state index in [1.165, 1.54) is 11.3 Å². The Hall–Kier alpha value is -0.580. The number of aryl methyl sites for hydroxylation is 1. The molecule has 0 aliphatic carbocycles. The number of rotatable bonds is 3. The first-order valence-corrected chi connectivity index (χ1v) is 7.27. The summed E-state index contributed by atoms with van der Waals surface area (Å²) in [5, 5.41) is 12.6. The molecule has 2 atom stereocenters. The number of piperazine rings is 1. The molecule has 0 bridgehead atoms. The quantitative estimate of drug-likeness (QED) is 0.899. The number of anilines is 1. The van der Waals surface area contributed by atoms with E-state index in [4.69, 9.17) is 5.11 Å². The minimum atomic E-state index is 0.248. The molecule has 2 unspecified atom stereocenters. The fourth-order valence-corrected chi connectivity index (χ4v) is 2.79. The van der Waals surface area contributed by atoms with Gasteiger partial charge in [0.2, 0.25) is 0 Å². The summed E-state index contributed by atoms with van der Waals surface area (Å²) in [5.74, 6) is 0. The van der Waals surface area contributed by atoms with Crippen LogP contribution in [0.25, 0.3) is 0 Å². The van der Waals surface area contributed by atoms with Gasteiger partial charge in [0.25, 0.3) is 0 Å². The minimum Gasteiger partial charge on any atom is -0.396 e. The molecule has 0 spiro atoms. The average molecular weight is 313 g/mol. The topological polar surface area (TPSA) is 35.5 Å². The van der Waals surface area contributed by atoms with Crippen LogP contribution >= 0.6 is 15.9 Å². The fraction of sp³-hybridized carbons (Fsp3) is 0.571. The summed E-state index contributed by atoms with van der Waals surface area (Å²) in [6.07, 6.45) is 0.816. The van der Waals surface area contributed by atoms with E-state index >= 15 is 0 Å². The van der Waals surface area contributed by atoms with Crippen molar-refractivity contribution in [2.24, 2.45) is 0 Å². The highest BCUT2D eigenvalue weighted by Gasteiger charge is 2.23. The third kappa shape index (κ3) is 3.25. The van der Waals surface area contributed by atoms with E-state index < -0.39 is 0 Å². The van der Waals surface area contributed by atoms with Crippen molar-refractivity contribution in [2.75, 3.05) is 24.6 Å². The van der Waals surface area contributed by atoms with Crippen molar-refractivity contribution in [3.8, 4) is 0 Å².